The van der Waals surface area contributed by atoms with E-state index in [0.29, 0.717) is 6.04 Å². The van der Waals surface area contributed by atoms with Crippen molar-refractivity contribution < 1.29 is 0 Å². The summed E-state index contributed by atoms with van der Waals surface area (Å²) in [5.41, 5.74) is 0.267. The minimum Gasteiger partial charge on any atom is -0.365 e. The van der Waals surface area contributed by atoms with Crippen LogP contribution in [-0.2, 0) is 0 Å². The molecule has 0 saturated carbocycles. The highest BCUT2D eigenvalue weighted by molar-refractivity contribution is 5.33. The molecule has 0 aromatic rings. The zero-order valence-corrected chi connectivity index (χ0v) is 16.9. The van der Waals surface area contributed by atoms with Crippen molar-refractivity contribution in [3.05, 3.63) is 22.9 Å². The van der Waals surface area contributed by atoms with Gasteiger partial charge in [0.2, 0.25) is 0 Å². The minimum absolute atomic E-state index is 0.267. The molecule has 3 aliphatic rings. The molecule has 6 nitrogen and oxygen atoms in total. The van der Waals surface area contributed by atoms with Gasteiger partial charge in [-0.2, -0.15) is 0 Å². The van der Waals surface area contributed by atoms with Crippen LogP contribution in [0.1, 0.15) is 45.4 Å². The van der Waals surface area contributed by atoms with Gasteiger partial charge >= 0.3 is 5.70 Å². The summed E-state index contributed by atoms with van der Waals surface area (Å²) < 4.78 is 0. The molecule has 0 bridgehead atoms. The summed E-state index contributed by atoms with van der Waals surface area (Å²) in [6, 6.07) is 2.85. The lowest BCUT2D eigenvalue weighted by Gasteiger charge is -2.27. The maximum atomic E-state index is 9.46. The Balaban J connectivity index is 1.53. The van der Waals surface area contributed by atoms with Crippen molar-refractivity contribution in [1.82, 2.24) is 19.6 Å². The Hall–Kier alpha value is -1.76. The SMILES string of the molecule is [C-]#[N+]C(C#N)=C1N(CCCN2CCCC2)CCN1CCCN1CCCC1C. The van der Waals surface area contributed by atoms with Crippen molar-refractivity contribution in [2.45, 2.75) is 51.5 Å². The fraction of sp³-hybridized carbons (Fsp3) is 0.810. The molecule has 3 heterocycles. The molecule has 3 fully saturated rings. The van der Waals surface area contributed by atoms with Crippen LogP contribution in [0.2, 0.25) is 0 Å². The van der Waals surface area contributed by atoms with Crippen molar-refractivity contribution in [2.75, 3.05) is 58.9 Å². The molecule has 1 unspecified atom stereocenters. The lowest BCUT2D eigenvalue weighted by atomic mass is 10.2. The molecule has 0 aliphatic carbocycles. The first kappa shape index (κ1) is 20.0. The first-order valence-electron chi connectivity index (χ1n) is 10.7. The summed E-state index contributed by atoms with van der Waals surface area (Å²) in [7, 11) is 0. The molecule has 148 valence electrons. The zero-order chi connectivity index (χ0) is 19.1. The number of rotatable bonds is 8. The fourth-order valence-corrected chi connectivity index (χ4v) is 4.79. The Bertz CT molecular complexity index is 579. The van der Waals surface area contributed by atoms with E-state index in [1.165, 1.54) is 45.3 Å². The molecule has 0 aromatic carbocycles. The van der Waals surface area contributed by atoms with Gasteiger partial charge < -0.3 is 19.6 Å². The van der Waals surface area contributed by atoms with E-state index in [0.717, 1.165) is 57.9 Å². The summed E-state index contributed by atoms with van der Waals surface area (Å²) in [5, 5.41) is 9.46. The quantitative estimate of drug-likeness (QED) is 0.485. The average molecular weight is 371 g/mol. The second-order valence-corrected chi connectivity index (χ2v) is 8.15. The lowest BCUT2D eigenvalue weighted by molar-refractivity contribution is 0.244. The summed E-state index contributed by atoms with van der Waals surface area (Å²) in [4.78, 5) is 13.2. The van der Waals surface area contributed by atoms with Gasteiger partial charge in [0, 0.05) is 38.8 Å². The van der Waals surface area contributed by atoms with Gasteiger partial charge in [0.05, 0.1) is 12.6 Å². The average Bonchev–Trinajstić information content (AvgIpc) is 3.41. The molecular formula is C21H34N6. The van der Waals surface area contributed by atoms with Gasteiger partial charge in [-0.25, -0.2) is 10.1 Å². The summed E-state index contributed by atoms with van der Waals surface area (Å²) in [5.74, 6) is 0.892. The molecule has 1 atom stereocenters. The predicted octanol–water partition coefficient (Wildman–Crippen LogP) is 2.58. The van der Waals surface area contributed by atoms with E-state index in [2.05, 4.69) is 37.4 Å². The summed E-state index contributed by atoms with van der Waals surface area (Å²) >= 11 is 0. The fourth-order valence-electron chi connectivity index (χ4n) is 4.79. The van der Waals surface area contributed by atoms with E-state index >= 15 is 0 Å². The molecule has 0 N–H and O–H groups in total. The van der Waals surface area contributed by atoms with Crippen LogP contribution in [0.3, 0.4) is 0 Å². The van der Waals surface area contributed by atoms with E-state index in [-0.39, 0.29) is 5.70 Å². The van der Waals surface area contributed by atoms with Crippen LogP contribution in [0.5, 0.6) is 0 Å². The molecule has 27 heavy (non-hydrogen) atoms. The second kappa shape index (κ2) is 9.97. The van der Waals surface area contributed by atoms with Crippen LogP contribution < -0.4 is 0 Å². The lowest BCUT2D eigenvalue weighted by Crippen LogP contribution is -2.32. The highest BCUT2D eigenvalue weighted by atomic mass is 15.4. The third-order valence-electron chi connectivity index (χ3n) is 6.33. The van der Waals surface area contributed by atoms with E-state index in [4.69, 9.17) is 6.57 Å². The normalized spacial score (nSPS) is 25.8. The Morgan fingerprint density at radius 2 is 1.67 bits per heavy atom. The van der Waals surface area contributed by atoms with E-state index in [9.17, 15) is 5.26 Å². The highest BCUT2D eigenvalue weighted by Crippen LogP contribution is 2.24. The molecule has 0 amide bonds. The van der Waals surface area contributed by atoms with Crippen molar-refractivity contribution in [3.63, 3.8) is 0 Å². The molecule has 6 heteroatoms. The van der Waals surface area contributed by atoms with Crippen molar-refractivity contribution >= 4 is 0 Å². The third kappa shape index (κ3) is 5.15. The van der Waals surface area contributed by atoms with Crippen molar-refractivity contribution in [3.8, 4) is 6.07 Å². The molecule has 3 rings (SSSR count). The van der Waals surface area contributed by atoms with Gasteiger partial charge in [-0.05, 0) is 71.6 Å². The van der Waals surface area contributed by atoms with Crippen molar-refractivity contribution in [1.29, 1.82) is 5.26 Å². The first-order valence-corrected chi connectivity index (χ1v) is 10.7. The number of likely N-dealkylation sites (tertiary alicyclic amines) is 2. The second-order valence-electron chi connectivity index (χ2n) is 8.15. The van der Waals surface area contributed by atoms with Crippen LogP contribution in [0.4, 0.5) is 0 Å². The van der Waals surface area contributed by atoms with Crippen LogP contribution in [0.15, 0.2) is 11.5 Å². The monoisotopic (exact) mass is 370 g/mol. The maximum Gasteiger partial charge on any atom is 0.300 e. The molecule has 3 aliphatic heterocycles. The van der Waals surface area contributed by atoms with Crippen LogP contribution in [-0.4, -0.2) is 84.5 Å². The summed E-state index contributed by atoms with van der Waals surface area (Å²) in [6.45, 7) is 19.5. The molecule has 3 saturated heterocycles. The number of nitriles is 1. The Morgan fingerprint density at radius 1 is 1.00 bits per heavy atom. The Morgan fingerprint density at radius 3 is 2.22 bits per heavy atom. The number of hydrogen-bond acceptors (Lipinski definition) is 5. The molecule has 0 spiro atoms. The van der Waals surface area contributed by atoms with E-state index < -0.39 is 0 Å². The molecule has 0 aromatic heterocycles. The smallest absolute Gasteiger partial charge is 0.300 e. The van der Waals surface area contributed by atoms with Crippen LogP contribution >= 0.6 is 0 Å². The van der Waals surface area contributed by atoms with Gasteiger partial charge in [0.25, 0.3) is 0 Å². The van der Waals surface area contributed by atoms with E-state index in [1.807, 2.05) is 0 Å². The number of allylic oxidation sites excluding steroid dienone is 1. The van der Waals surface area contributed by atoms with Gasteiger partial charge in [-0.15, -0.1) is 0 Å². The Labute approximate surface area is 164 Å². The predicted molar refractivity (Wildman–Crippen MR) is 108 cm³/mol. The van der Waals surface area contributed by atoms with E-state index in [1.54, 1.807) is 0 Å². The number of nitrogens with zero attached hydrogens (tertiary/aromatic N) is 6. The van der Waals surface area contributed by atoms with Gasteiger partial charge in [-0.3, -0.25) is 0 Å². The maximum absolute atomic E-state index is 9.46. The topological polar surface area (TPSA) is 41.1 Å². The standard InChI is InChI=1S/C21H34N6/c1-19-8-5-12-25(19)13-7-15-27-17-16-26(21(27)20(18-22)23-2)14-6-11-24-9-3-4-10-24/h19H,3-17H2,1H3. The zero-order valence-electron chi connectivity index (χ0n) is 16.9. The van der Waals surface area contributed by atoms with Gasteiger partial charge in [-0.1, -0.05) is 0 Å². The van der Waals surface area contributed by atoms with Gasteiger partial charge in [0.15, 0.2) is 0 Å². The first-order chi connectivity index (χ1) is 13.2. The van der Waals surface area contributed by atoms with Gasteiger partial charge in [0.1, 0.15) is 5.82 Å². The Kier molecular flexibility index (Phi) is 7.38. The minimum atomic E-state index is 0.267. The van der Waals surface area contributed by atoms with Crippen LogP contribution in [0.25, 0.3) is 4.85 Å². The number of hydrogen-bond donors (Lipinski definition) is 0. The molecular weight excluding hydrogens is 336 g/mol. The molecule has 0 radical (unpaired) electrons. The van der Waals surface area contributed by atoms with Crippen molar-refractivity contribution in [2.24, 2.45) is 0 Å². The highest BCUT2D eigenvalue weighted by Gasteiger charge is 2.28. The largest absolute Gasteiger partial charge is 0.365 e. The van der Waals surface area contributed by atoms with Crippen LogP contribution in [0, 0.1) is 17.9 Å². The summed E-state index contributed by atoms with van der Waals surface area (Å²) in [6.07, 6.45) is 7.50. The third-order valence-corrected chi connectivity index (χ3v) is 6.33.